The van der Waals surface area contributed by atoms with E-state index in [0.717, 1.165) is 0 Å². The summed E-state index contributed by atoms with van der Waals surface area (Å²) < 4.78 is 2.34. The summed E-state index contributed by atoms with van der Waals surface area (Å²) in [5.41, 5.74) is 10.5. The molecule has 3 aromatic carbocycles. The molecule has 0 N–H and O–H groups in total. The highest BCUT2D eigenvalue weighted by atomic mass is 14.9. The molecule has 0 saturated heterocycles. The zero-order valence-electron chi connectivity index (χ0n) is 18.4. The van der Waals surface area contributed by atoms with Gasteiger partial charge in [-0.15, -0.1) is 0 Å². The molecule has 0 aliphatic heterocycles. The van der Waals surface area contributed by atoms with Crippen molar-refractivity contribution in [3.05, 3.63) is 89.1 Å². The molecular weight excluding hydrogens is 350 g/mol. The average molecular weight is 381 g/mol. The van der Waals surface area contributed by atoms with Crippen LogP contribution in [0.3, 0.4) is 0 Å². The Morgan fingerprint density at radius 1 is 0.759 bits per heavy atom. The first-order valence-electron chi connectivity index (χ1n) is 10.5. The van der Waals surface area contributed by atoms with Crippen molar-refractivity contribution in [3.63, 3.8) is 0 Å². The Bertz CT molecular complexity index is 1200. The number of rotatable bonds is 3. The lowest BCUT2D eigenvalue weighted by atomic mass is 9.91. The highest BCUT2D eigenvalue weighted by Gasteiger charge is 2.21. The van der Waals surface area contributed by atoms with Crippen LogP contribution in [-0.4, -0.2) is 0 Å². The number of benzene rings is 3. The first-order chi connectivity index (χ1) is 13.9. The van der Waals surface area contributed by atoms with Crippen LogP contribution >= 0.6 is 0 Å². The normalized spacial score (nSPS) is 11.4. The van der Waals surface area contributed by atoms with Gasteiger partial charge >= 0.3 is 0 Å². The molecular formula is C28H30N+. The van der Waals surface area contributed by atoms with Crippen molar-refractivity contribution in [2.75, 3.05) is 0 Å². The van der Waals surface area contributed by atoms with Crippen molar-refractivity contribution < 1.29 is 4.57 Å². The van der Waals surface area contributed by atoms with Gasteiger partial charge in [-0.25, -0.2) is 0 Å². The summed E-state index contributed by atoms with van der Waals surface area (Å²) in [7, 11) is 2.18. The summed E-state index contributed by atoms with van der Waals surface area (Å²) >= 11 is 0. The number of nitrogens with zero attached hydrogens (tertiary/aromatic N) is 1. The Balaban J connectivity index is 2.04. The molecule has 0 aliphatic rings. The van der Waals surface area contributed by atoms with Crippen molar-refractivity contribution in [2.45, 2.75) is 40.5 Å². The average Bonchev–Trinajstić information content (AvgIpc) is 2.71. The van der Waals surface area contributed by atoms with Crippen LogP contribution < -0.4 is 4.57 Å². The number of hydrogen-bond acceptors (Lipinski definition) is 0. The number of aryl methyl sites for hydroxylation is 2. The maximum absolute atomic E-state index is 2.36. The van der Waals surface area contributed by atoms with E-state index in [9.17, 15) is 0 Å². The third kappa shape index (κ3) is 3.46. The first kappa shape index (κ1) is 19.4. The Hall–Kier alpha value is -2.93. The summed E-state index contributed by atoms with van der Waals surface area (Å²) in [6, 6.07) is 24.6. The molecule has 146 valence electrons. The van der Waals surface area contributed by atoms with Crippen molar-refractivity contribution in [3.8, 4) is 22.4 Å². The van der Waals surface area contributed by atoms with E-state index in [-0.39, 0.29) is 0 Å². The predicted molar refractivity (Wildman–Crippen MR) is 124 cm³/mol. The number of pyridine rings is 1. The van der Waals surface area contributed by atoms with E-state index in [0.29, 0.717) is 5.92 Å². The minimum atomic E-state index is 0.530. The summed E-state index contributed by atoms with van der Waals surface area (Å²) in [6.07, 6.45) is 0. The van der Waals surface area contributed by atoms with Gasteiger partial charge in [0.05, 0.1) is 10.9 Å². The lowest BCUT2D eigenvalue weighted by molar-refractivity contribution is -0.665. The molecule has 1 aromatic heterocycles. The van der Waals surface area contributed by atoms with Gasteiger partial charge in [0, 0.05) is 13.0 Å². The van der Waals surface area contributed by atoms with Crippen molar-refractivity contribution in [1.29, 1.82) is 0 Å². The van der Waals surface area contributed by atoms with Gasteiger partial charge in [-0.05, 0) is 65.1 Å². The quantitative estimate of drug-likeness (QED) is 0.335. The van der Waals surface area contributed by atoms with E-state index < -0.39 is 0 Å². The van der Waals surface area contributed by atoms with E-state index in [1.54, 1.807) is 0 Å². The molecule has 29 heavy (non-hydrogen) atoms. The second kappa shape index (κ2) is 7.48. The van der Waals surface area contributed by atoms with Gasteiger partial charge in [0.1, 0.15) is 7.05 Å². The van der Waals surface area contributed by atoms with Crippen LogP contribution in [0, 0.1) is 20.8 Å². The molecule has 0 bridgehead atoms. The summed E-state index contributed by atoms with van der Waals surface area (Å²) in [4.78, 5) is 0. The number of aromatic nitrogens is 1. The molecule has 1 heterocycles. The molecule has 4 aromatic rings. The largest absolute Gasteiger partial charge is 0.220 e. The fourth-order valence-electron chi connectivity index (χ4n) is 4.18. The lowest BCUT2D eigenvalue weighted by Gasteiger charge is -2.15. The molecule has 0 amide bonds. The smallest absolute Gasteiger partial charge is 0.198 e. The van der Waals surface area contributed by atoms with Gasteiger partial charge < -0.3 is 0 Å². The van der Waals surface area contributed by atoms with Gasteiger partial charge in [0.15, 0.2) is 5.69 Å². The van der Waals surface area contributed by atoms with Crippen molar-refractivity contribution in [1.82, 2.24) is 0 Å². The minimum absolute atomic E-state index is 0.530. The first-order valence-corrected chi connectivity index (χ1v) is 10.5. The van der Waals surface area contributed by atoms with Gasteiger partial charge in [-0.1, -0.05) is 62.4 Å². The standard InChI is InChI=1S/C28H30N/c1-18(2)23-12-13-26-25(16-23)15-20(4)29(6)28(26)27-17-24(14-19(3)21(27)5)22-10-8-7-9-11-22/h7-18H,1-6H3/q+1. The van der Waals surface area contributed by atoms with Crippen molar-refractivity contribution in [2.24, 2.45) is 7.05 Å². The summed E-state index contributed by atoms with van der Waals surface area (Å²) in [5, 5.41) is 2.64. The molecule has 4 rings (SSSR count). The lowest BCUT2D eigenvalue weighted by Crippen LogP contribution is -2.35. The van der Waals surface area contributed by atoms with Gasteiger partial charge in [0.25, 0.3) is 0 Å². The molecule has 0 radical (unpaired) electrons. The van der Waals surface area contributed by atoms with E-state index in [2.05, 4.69) is 113 Å². The van der Waals surface area contributed by atoms with Gasteiger partial charge in [-0.2, -0.15) is 4.57 Å². The molecule has 1 nitrogen and oxygen atoms in total. The topological polar surface area (TPSA) is 3.88 Å². The second-order valence-corrected chi connectivity index (χ2v) is 8.53. The van der Waals surface area contributed by atoms with E-state index in [4.69, 9.17) is 0 Å². The SMILES string of the molecule is Cc1cc(-c2ccccc2)cc(-c2c3ccc(C(C)C)cc3cc(C)[n+]2C)c1C. The Kier molecular flexibility index (Phi) is 5.00. The van der Waals surface area contributed by atoms with Crippen LogP contribution in [0.1, 0.15) is 42.1 Å². The van der Waals surface area contributed by atoms with E-state index >= 15 is 0 Å². The summed E-state index contributed by atoms with van der Waals surface area (Å²) in [5.74, 6) is 0.530. The van der Waals surface area contributed by atoms with Crippen LogP contribution in [-0.2, 0) is 7.05 Å². The molecule has 0 spiro atoms. The third-order valence-electron chi connectivity index (χ3n) is 6.26. The monoisotopic (exact) mass is 380 g/mol. The highest BCUT2D eigenvalue weighted by Crippen LogP contribution is 2.35. The predicted octanol–water partition coefficient (Wildman–Crippen LogP) is 7.05. The fourth-order valence-corrected chi connectivity index (χ4v) is 4.18. The van der Waals surface area contributed by atoms with Gasteiger partial charge in [-0.3, -0.25) is 0 Å². The zero-order valence-corrected chi connectivity index (χ0v) is 18.4. The van der Waals surface area contributed by atoms with Crippen LogP contribution in [0.25, 0.3) is 33.2 Å². The second-order valence-electron chi connectivity index (χ2n) is 8.53. The Labute approximate surface area is 174 Å². The van der Waals surface area contributed by atoms with E-state index in [1.807, 2.05) is 0 Å². The molecule has 0 atom stereocenters. The Morgan fingerprint density at radius 2 is 1.48 bits per heavy atom. The molecule has 0 unspecified atom stereocenters. The van der Waals surface area contributed by atoms with Crippen LogP contribution in [0.4, 0.5) is 0 Å². The fraction of sp³-hybridized carbons (Fsp3) is 0.250. The molecule has 0 aliphatic carbocycles. The zero-order chi connectivity index (χ0) is 20.7. The molecule has 0 saturated carbocycles. The highest BCUT2D eigenvalue weighted by molar-refractivity contribution is 5.95. The molecule has 1 heteroatoms. The maximum Gasteiger partial charge on any atom is 0.220 e. The summed E-state index contributed by atoms with van der Waals surface area (Å²) in [6.45, 7) is 11.2. The number of hydrogen-bond donors (Lipinski definition) is 0. The van der Waals surface area contributed by atoms with Crippen LogP contribution in [0.5, 0.6) is 0 Å². The minimum Gasteiger partial charge on any atom is -0.198 e. The number of fused-ring (bicyclic) bond motifs is 1. The Morgan fingerprint density at radius 3 is 2.17 bits per heavy atom. The van der Waals surface area contributed by atoms with Crippen LogP contribution in [0.15, 0.2) is 66.7 Å². The van der Waals surface area contributed by atoms with Crippen LogP contribution in [0.2, 0.25) is 0 Å². The third-order valence-corrected chi connectivity index (χ3v) is 6.26. The maximum atomic E-state index is 2.36. The van der Waals surface area contributed by atoms with Crippen molar-refractivity contribution >= 4 is 10.8 Å². The molecule has 0 fully saturated rings. The van der Waals surface area contributed by atoms with Gasteiger partial charge in [0.2, 0.25) is 5.69 Å². The van der Waals surface area contributed by atoms with E-state index in [1.165, 1.54) is 55.5 Å².